The van der Waals surface area contributed by atoms with Gasteiger partial charge in [0.2, 0.25) is 0 Å². The van der Waals surface area contributed by atoms with Crippen LogP contribution >= 0.6 is 0 Å². The van der Waals surface area contributed by atoms with Crippen LogP contribution in [-0.4, -0.2) is 16.1 Å². The van der Waals surface area contributed by atoms with Crippen molar-refractivity contribution in [2.75, 3.05) is 5.32 Å². The molecule has 2 atom stereocenters. The Balaban J connectivity index is 2.16. The number of nitro benzene ring substituents is 1. The van der Waals surface area contributed by atoms with Gasteiger partial charge < -0.3 is 10.4 Å². The number of nitrogens with one attached hydrogen (secondary N) is 1. The fourth-order valence-corrected chi connectivity index (χ4v) is 2.97. The van der Waals surface area contributed by atoms with Crippen LogP contribution < -0.4 is 5.32 Å². The van der Waals surface area contributed by atoms with Gasteiger partial charge in [0, 0.05) is 12.1 Å². The lowest BCUT2D eigenvalue weighted by atomic mass is 9.84. The van der Waals surface area contributed by atoms with Crippen molar-refractivity contribution in [3.63, 3.8) is 0 Å². The molecule has 110 valence electrons. The Morgan fingerprint density at radius 3 is 2.90 bits per heavy atom. The van der Waals surface area contributed by atoms with Crippen molar-refractivity contribution in [1.29, 1.82) is 0 Å². The molecule has 0 spiro atoms. The molecular weight excluding hydrogens is 256 g/mol. The third-order valence-electron chi connectivity index (χ3n) is 4.16. The van der Waals surface area contributed by atoms with Gasteiger partial charge in [0.15, 0.2) is 0 Å². The van der Waals surface area contributed by atoms with E-state index in [2.05, 4.69) is 12.2 Å². The van der Waals surface area contributed by atoms with Crippen molar-refractivity contribution in [2.45, 2.75) is 51.7 Å². The molecule has 2 rings (SSSR count). The molecule has 0 aromatic heterocycles. The van der Waals surface area contributed by atoms with Crippen LogP contribution in [0, 0.1) is 16.0 Å². The van der Waals surface area contributed by atoms with Gasteiger partial charge in [-0.1, -0.05) is 26.2 Å². The first kappa shape index (κ1) is 14.8. The second kappa shape index (κ2) is 6.70. The maximum absolute atomic E-state index is 11.1. The molecule has 2 unspecified atom stereocenters. The van der Waals surface area contributed by atoms with Gasteiger partial charge in [-0.2, -0.15) is 0 Å². The zero-order chi connectivity index (χ0) is 14.5. The van der Waals surface area contributed by atoms with Gasteiger partial charge in [0.1, 0.15) is 5.69 Å². The van der Waals surface area contributed by atoms with Crippen LogP contribution in [0.4, 0.5) is 11.4 Å². The van der Waals surface area contributed by atoms with Gasteiger partial charge in [0.05, 0.1) is 11.5 Å². The number of benzene rings is 1. The fourth-order valence-electron chi connectivity index (χ4n) is 2.97. The highest BCUT2D eigenvalue weighted by molar-refractivity contribution is 5.63. The maximum atomic E-state index is 11.1. The lowest BCUT2D eigenvalue weighted by molar-refractivity contribution is -0.384. The normalized spacial score (nSPS) is 22.5. The lowest BCUT2D eigenvalue weighted by Crippen LogP contribution is -2.27. The molecule has 0 amide bonds. The standard InChI is InChI=1S/C15H22N2O3/c1-2-11-4-3-5-13(8-11)16-14-9-12(10-18)6-7-15(14)17(19)20/h6-7,9,11,13,16,18H,2-5,8,10H2,1H3. The smallest absolute Gasteiger partial charge is 0.292 e. The van der Waals surface area contributed by atoms with Crippen LogP contribution in [0.15, 0.2) is 18.2 Å². The lowest BCUT2D eigenvalue weighted by Gasteiger charge is -2.29. The van der Waals surface area contributed by atoms with Crippen molar-refractivity contribution < 1.29 is 10.0 Å². The Morgan fingerprint density at radius 2 is 2.25 bits per heavy atom. The summed E-state index contributed by atoms with van der Waals surface area (Å²) in [4.78, 5) is 10.7. The Kier molecular flexibility index (Phi) is 4.95. The molecule has 1 saturated carbocycles. The van der Waals surface area contributed by atoms with E-state index in [-0.39, 0.29) is 17.2 Å². The average Bonchev–Trinajstić information content (AvgIpc) is 2.47. The molecule has 0 heterocycles. The van der Waals surface area contributed by atoms with Crippen LogP contribution in [-0.2, 0) is 6.61 Å². The summed E-state index contributed by atoms with van der Waals surface area (Å²) in [5.74, 6) is 0.710. The minimum atomic E-state index is -0.371. The number of nitrogens with zero attached hydrogens (tertiary/aromatic N) is 1. The number of hydrogen-bond acceptors (Lipinski definition) is 4. The van der Waals surface area contributed by atoms with Crippen molar-refractivity contribution in [1.82, 2.24) is 0 Å². The maximum Gasteiger partial charge on any atom is 0.292 e. The molecule has 1 aliphatic rings. The second-order valence-corrected chi connectivity index (χ2v) is 5.55. The molecule has 0 aliphatic heterocycles. The largest absolute Gasteiger partial charge is 0.392 e. The number of nitro groups is 1. The van der Waals surface area contributed by atoms with Crippen molar-refractivity contribution in [2.24, 2.45) is 5.92 Å². The summed E-state index contributed by atoms with van der Waals surface area (Å²) < 4.78 is 0. The predicted octanol–water partition coefficient (Wildman–Crippen LogP) is 3.47. The van der Waals surface area contributed by atoms with Gasteiger partial charge in [0.25, 0.3) is 5.69 Å². The highest BCUT2D eigenvalue weighted by Crippen LogP contribution is 2.32. The van der Waals surface area contributed by atoms with Gasteiger partial charge in [-0.15, -0.1) is 0 Å². The Bertz CT molecular complexity index is 476. The zero-order valence-electron chi connectivity index (χ0n) is 11.8. The molecule has 0 radical (unpaired) electrons. The number of hydrogen-bond donors (Lipinski definition) is 2. The summed E-state index contributed by atoms with van der Waals surface area (Å²) in [7, 11) is 0. The van der Waals surface area contributed by atoms with E-state index in [4.69, 9.17) is 0 Å². The summed E-state index contributed by atoms with van der Waals surface area (Å²) in [5.41, 5.74) is 1.31. The topological polar surface area (TPSA) is 75.4 Å². The first-order valence-corrected chi connectivity index (χ1v) is 7.28. The van der Waals surface area contributed by atoms with Crippen LogP contribution in [0.1, 0.15) is 44.6 Å². The molecule has 1 aromatic carbocycles. The molecule has 20 heavy (non-hydrogen) atoms. The van der Waals surface area contributed by atoms with E-state index in [9.17, 15) is 15.2 Å². The van der Waals surface area contributed by atoms with Crippen LogP contribution in [0.2, 0.25) is 0 Å². The molecule has 0 saturated heterocycles. The van der Waals surface area contributed by atoms with E-state index in [1.54, 1.807) is 12.1 Å². The quantitative estimate of drug-likeness (QED) is 0.638. The van der Waals surface area contributed by atoms with Crippen molar-refractivity contribution in [3.8, 4) is 0 Å². The van der Waals surface area contributed by atoms with Crippen LogP contribution in [0.25, 0.3) is 0 Å². The minimum absolute atomic E-state index is 0.0841. The third kappa shape index (κ3) is 3.48. The van der Waals surface area contributed by atoms with Crippen molar-refractivity contribution >= 4 is 11.4 Å². The number of aliphatic hydroxyl groups excluding tert-OH is 1. The van der Waals surface area contributed by atoms with E-state index in [1.165, 1.54) is 18.9 Å². The zero-order valence-corrected chi connectivity index (χ0v) is 11.8. The Hall–Kier alpha value is -1.62. The molecule has 2 N–H and O–H groups in total. The van der Waals surface area contributed by atoms with E-state index in [1.807, 2.05) is 0 Å². The molecule has 5 nitrogen and oxygen atoms in total. The average molecular weight is 278 g/mol. The van der Waals surface area contributed by atoms with E-state index >= 15 is 0 Å². The van der Waals surface area contributed by atoms with Gasteiger partial charge >= 0.3 is 0 Å². The summed E-state index contributed by atoms with van der Waals surface area (Å²) in [6.07, 6.45) is 5.71. The SMILES string of the molecule is CCC1CCCC(Nc2cc(CO)ccc2[N+](=O)[O-])C1. The number of anilines is 1. The summed E-state index contributed by atoms with van der Waals surface area (Å²) in [6, 6.07) is 5.04. The first-order chi connectivity index (χ1) is 9.63. The van der Waals surface area contributed by atoms with E-state index in [0.29, 0.717) is 23.2 Å². The molecule has 5 heteroatoms. The van der Waals surface area contributed by atoms with Crippen LogP contribution in [0.3, 0.4) is 0 Å². The Labute approximate surface area is 119 Å². The first-order valence-electron chi connectivity index (χ1n) is 7.28. The third-order valence-corrected chi connectivity index (χ3v) is 4.16. The molecule has 1 aromatic rings. The molecule has 1 fully saturated rings. The second-order valence-electron chi connectivity index (χ2n) is 5.55. The van der Waals surface area contributed by atoms with Gasteiger partial charge in [-0.25, -0.2) is 0 Å². The fraction of sp³-hybridized carbons (Fsp3) is 0.600. The Morgan fingerprint density at radius 1 is 1.45 bits per heavy atom. The van der Waals surface area contributed by atoms with Crippen molar-refractivity contribution in [3.05, 3.63) is 33.9 Å². The van der Waals surface area contributed by atoms with Gasteiger partial charge in [-0.3, -0.25) is 10.1 Å². The van der Waals surface area contributed by atoms with Gasteiger partial charge in [-0.05, 0) is 36.5 Å². The summed E-state index contributed by atoms with van der Waals surface area (Å²) in [6.45, 7) is 2.09. The van der Waals surface area contributed by atoms with Crippen LogP contribution in [0.5, 0.6) is 0 Å². The monoisotopic (exact) mass is 278 g/mol. The highest BCUT2D eigenvalue weighted by Gasteiger charge is 2.23. The minimum Gasteiger partial charge on any atom is -0.392 e. The number of rotatable bonds is 5. The molecule has 1 aliphatic carbocycles. The van der Waals surface area contributed by atoms with E-state index < -0.39 is 0 Å². The predicted molar refractivity (Wildman–Crippen MR) is 78.7 cm³/mol. The van der Waals surface area contributed by atoms with E-state index in [0.717, 1.165) is 19.3 Å². The molecular formula is C15H22N2O3. The number of aliphatic hydroxyl groups is 1. The summed E-state index contributed by atoms with van der Waals surface area (Å²) >= 11 is 0. The highest BCUT2D eigenvalue weighted by atomic mass is 16.6. The molecule has 0 bridgehead atoms. The summed E-state index contributed by atoms with van der Waals surface area (Å²) in [5, 5.41) is 23.6.